The summed E-state index contributed by atoms with van der Waals surface area (Å²) in [6, 6.07) is 4.73. The molecular weight excluding hydrogens is 402 g/mol. The molecule has 1 saturated carbocycles. The molecule has 0 radical (unpaired) electrons. The minimum atomic E-state index is -0.907. The van der Waals surface area contributed by atoms with Crippen molar-refractivity contribution in [3.05, 3.63) is 35.4 Å². The van der Waals surface area contributed by atoms with Crippen LogP contribution in [0.2, 0.25) is 0 Å². The Hall–Kier alpha value is -1.56. The Kier molecular flexibility index (Phi) is 3.88. The number of likely N-dealkylation sites (tertiary alicyclic amines) is 1. The van der Waals surface area contributed by atoms with Crippen molar-refractivity contribution >= 4 is 0 Å². The van der Waals surface area contributed by atoms with Crippen LogP contribution in [-0.4, -0.2) is 60.7 Å². The van der Waals surface area contributed by atoms with Crippen molar-refractivity contribution in [3.8, 4) is 11.5 Å². The van der Waals surface area contributed by atoms with Gasteiger partial charge in [-0.05, 0) is 65.3 Å². The van der Waals surface area contributed by atoms with Crippen molar-refractivity contribution in [2.45, 2.75) is 81.1 Å². The average Bonchev–Trinajstić information content (AvgIpc) is 3.05. The van der Waals surface area contributed by atoms with Gasteiger partial charge in [-0.2, -0.15) is 0 Å². The van der Waals surface area contributed by atoms with Crippen LogP contribution in [0.3, 0.4) is 0 Å². The maximum atomic E-state index is 11.5. The topological polar surface area (TPSA) is 51.2 Å². The molecule has 2 fully saturated rings. The Balaban J connectivity index is 1.78. The fourth-order valence-corrected chi connectivity index (χ4v) is 9.37. The molecule has 1 saturated heterocycles. The minimum Gasteiger partial charge on any atom is -0.493 e. The molecule has 5 heteroatoms. The molecule has 1 aromatic carbocycles. The van der Waals surface area contributed by atoms with Gasteiger partial charge in [0.2, 0.25) is 0 Å². The van der Waals surface area contributed by atoms with Gasteiger partial charge in [0.1, 0.15) is 11.2 Å². The van der Waals surface area contributed by atoms with Crippen molar-refractivity contribution in [1.82, 2.24) is 4.90 Å². The van der Waals surface area contributed by atoms with E-state index in [0.29, 0.717) is 12.0 Å². The number of nitrogens with zero attached hydrogens (tertiary/aromatic N) is 1. The number of methoxy groups -OCH3 is 2. The molecule has 2 spiro atoms. The highest BCUT2D eigenvalue weighted by Gasteiger charge is 2.85. The fourth-order valence-electron chi connectivity index (χ4n) is 9.37. The number of likely N-dealkylation sites (N-methyl/N-ethyl adjacent to an activating group) is 1. The van der Waals surface area contributed by atoms with Gasteiger partial charge >= 0.3 is 0 Å². The molecular formula is C27H37NO4. The molecule has 4 aliphatic carbocycles. The van der Waals surface area contributed by atoms with Crippen LogP contribution < -0.4 is 9.47 Å². The third-order valence-electron chi connectivity index (χ3n) is 10.4. The number of benzene rings is 1. The first-order valence-electron chi connectivity index (χ1n) is 12.2. The van der Waals surface area contributed by atoms with E-state index in [9.17, 15) is 5.11 Å². The van der Waals surface area contributed by atoms with E-state index in [1.165, 1.54) is 11.1 Å². The second-order valence-corrected chi connectivity index (χ2v) is 11.6. The predicted octanol–water partition coefficient (Wildman–Crippen LogP) is 4.03. The van der Waals surface area contributed by atoms with Gasteiger partial charge in [-0.3, -0.25) is 0 Å². The summed E-state index contributed by atoms with van der Waals surface area (Å²) in [5, 5.41) is 11.5. The molecule has 32 heavy (non-hydrogen) atoms. The second-order valence-electron chi connectivity index (χ2n) is 11.6. The number of piperidine rings is 1. The van der Waals surface area contributed by atoms with Gasteiger partial charge in [0.05, 0.1) is 18.1 Å². The Labute approximate surface area is 191 Å². The quantitative estimate of drug-likeness (QED) is 0.718. The molecule has 7 atom stereocenters. The number of fused-ring (bicyclic) bond motifs is 1. The monoisotopic (exact) mass is 439 g/mol. The molecule has 1 N–H and O–H groups in total. The van der Waals surface area contributed by atoms with Crippen LogP contribution in [-0.2, 0) is 10.2 Å². The minimum absolute atomic E-state index is 0.0866. The lowest BCUT2D eigenvalue weighted by Gasteiger charge is -2.76. The summed E-state index contributed by atoms with van der Waals surface area (Å²) in [6.07, 6.45) is 7.71. The predicted molar refractivity (Wildman–Crippen MR) is 123 cm³/mol. The van der Waals surface area contributed by atoms with Gasteiger partial charge in [0, 0.05) is 36.0 Å². The van der Waals surface area contributed by atoms with E-state index in [1.807, 2.05) is 13.8 Å². The van der Waals surface area contributed by atoms with Gasteiger partial charge in [0.25, 0.3) is 0 Å². The lowest BCUT2D eigenvalue weighted by molar-refractivity contribution is -0.285. The maximum Gasteiger partial charge on any atom is 0.166 e. The normalized spacial score (nSPS) is 45.6. The zero-order chi connectivity index (χ0) is 22.9. The van der Waals surface area contributed by atoms with Crippen LogP contribution in [0.1, 0.15) is 64.0 Å². The van der Waals surface area contributed by atoms with Gasteiger partial charge < -0.3 is 24.2 Å². The summed E-state index contributed by atoms with van der Waals surface area (Å²) in [4.78, 5) is 2.59. The third kappa shape index (κ3) is 1.82. The molecule has 4 bridgehead atoms. The fraction of sp³-hybridized carbons (Fsp3) is 0.704. The van der Waals surface area contributed by atoms with E-state index in [4.69, 9.17) is 14.2 Å². The smallest absolute Gasteiger partial charge is 0.166 e. The molecule has 7 rings (SSSR count). The number of hydrogen-bond donors (Lipinski definition) is 1. The molecule has 0 amide bonds. The summed E-state index contributed by atoms with van der Waals surface area (Å²) in [6.45, 7) is 9.47. The zero-order valence-corrected chi connectivity index (χ0v) is 20.5. The number of hydrogen-bond acceptors (Lipinski definition) is 5. The van der Waals surface area contributed by atoms with Crippen LogP contribution in [0.25, 0.3) is 0 Å². The first-order chi connectivity index (χ1) is 15.1. The van der Waals surface area contributed by atoms with E-state index in [1.54, 1.807) is 14.2 Å². The van der Waals surface area contributed by atoms with Crippen molar-refractivity contribution in [3.63, 3.8) is 0 Å². The molecule has 6 aliphatic rings. The average molecular weight is 440 g/mol. The molecule has 2 aliphatic heterocycles. The Morgan fingerprint density at radius 3 is 2.62 bits per heavy atom. The van der Waals surface area contributed by atoms with Crippen molar-refractivity contribution in [2.75, 3.05) is 27.8 Å². The highest BCUT2D eigenvalue weighted by Crippen LogP contribution is 2.80. The summed E-state index contributed by atoms with van der Waals surface area (Å²) in [7, 11) is 5.81. The maximum absolute atomic E-state index is 11.5. The van der Waals surface area contributed by atoms with E-state index in [2.05, 4.69) is 50.1 Å². The Bertz CT molecular complexity index is 1030. The zero-order valence-electron chi connectivity index (χ0n) is 20.5. The van der Waals surface area contributed by atoms with Crippen molar-refractivity contribution < 1.29 is 19.3 Å². The Morgan fingerprint density at radius 1 is 1.25 bits per heavy atom. The summed E-state index contributed by atoms with van der Waals surface area (Å²) in [5.74, 6) is 2.03. The highest BCUT2D eigenvalue weighted by molar-refractivity contribution is 5.68. The van der Waals surface area contributed by atoms with Crippen molar-refractivity contribution in [1.29, 1.82) is 0 Å². The highest BCUT2D eigenvalue weighted by atomic mass is 16.6. The van der Waals surface area contributed by atoms with Crippen LogP contribution >= 0.6 is 0 Å². The standard InChI is InChI=1S/C27H37NO4/c1-8-16-17-9-10-18(30-6)21-20(17)26-13-14-28(5)22(16)25(26)11-12-27(31-7,24(26,4)32-21)19(15-25)23(2,3)29/h9-12,16,19,22,29H,8,13-15H2,1-7H3/t16-,19-,22-,24-,25-,26+,27-/m1/s1. The molecule has 0 aromatic heterocycles. The van der Waals surface area contributed by atoms with E-state index in [-0.39, 0.29) is 16.7 Å². The van der Waals surface area contributed by atoms with E-state index in [0.717, 1.165) is 37.3 Å². The van der Waals surface area contributed by atoms with Crippen LogP contribution in [0.15, 0.2) is 24.3 Å². The summed E-state index contributed by atoms with van der Waals surface area (Å²) >= 11 is 0. The summed E-state index contributed by atoms with van der Waals surface area (Å²) < 4.78 is 19.5. The molecule has 2 heterocycles. The molecule has 1 aromatic rings. The number of aliphatic hydroxyl groups is 1. The third-order valence-corrected chi connectivity index (χ3v) is 10.4. The molecule has 174 valence electrons. The number of rotatable bonds is 4. The largest absolute Gasteiger partial charge is 0.493 e. The van der Waals surface area contributed by atoms with Gasteiger partial charge in [-0.15, -0.1) is 0 Å². The van der Waals surface area contributed by atoms with E-state index < -0.39 is 16.8 Å². The first-order valence-corrected chi connectivity index (χ1v) is 12.2. The Morgan fingerprint density at radius 2 is 2.00 bits per heavy atom. The molecule has 0 unspecified atom stereocenters. The van der Waals surface area contributed by atoms with Crippen LogP contribution in [0.5, 0.6) is 11.5 Å². The van der Waals surface area contributed by atoms with E-state index >= 15 is 0 Å². The van der Waals surface area contributed by atoms with Crippen LogP contribution in [0, 0.1) is 11.3 Å². The first kappa shape index (κ1) is 21.0. The van der Waals surface area contributed by atoms with Crippen LogP contribution in [0.4, 0.5) is 0 Å². The van der Waals surface area contributed by atoms with Gasteiger partial charge in [-0.1, -0.05) is 25.1 Å². The lowest BCUT2D eigenvalue weighted by Crippen LogP contribution is -2.85. The number of ether oxygens (including phenoxy) is 3. The van der Waals surface area contributed by atoms with Crippen molar-refractivity contribution in [2.24, 2.45) is 11.3 Å². The molecule has 5 nitrogen and oxygen atoms in total. The second kappa shape index (κ2) is 5.92. The van der Waals surface area contributed by atoms with Gasteiger partial charge in [-0.25, -0.2) is 0 Å². The van der Waals surface area contributed by atoms with Gasteiger partial charge in [0.15, 0.2) is 11.5 Å². The SMILES string of the molecule is CC[C@@H]1c2ccc(OC)c3c2[C@]24CCN(C)[C@H]1[C@]21C=C[C@@](OC)([C@@H](C(C)(C)O)C1)[C@]4(C)O3. The lowest BCUT2D eigenvalue weighted by atomic mass is 9.31. The summed E-state index contributed by atoms with van der Waals surface area (Å²) in [5.41, 5.74) is 0.149.